The van der Waals surface area contributed by atoms with Crippen LogP contribution in [-0.2, 0) is 18.0 Å². The molecule has 1 saturated heterocycles. The zero-order valence-electron chi connectivity index (χ0n) is 30.2. The Labute approximate surface area is 314 Å². The summed E-state index contributed by atoms with van der Waals surface area (Å²) in [6.45, 7) is 1.48. The van der Waals surface area contributed by atoms with E-state index in [-0.39, 0.29) is 29.0 Å². The molecule has 1 spiro atoms. The number of piperidine rings is 1. The number of rotatable bonds is 8. The van der Waals surface area contributed by atoms with Crippen molar-refractivity contribution in [3.8, 4) is 22.7 Å². The number of nitrogens with zero attached hydrogens (tertiary/aromatic N) is 6. The van der Waals surface area contributed by atoms with Crippen LogP contribution in [-0.4, -0.2) is 65.8 Å². The number of alkyl halides is 3. The Kier molecular flexibility index (Phi) is 7.47. The Bertz CT molecular complexity index is 2350. The van der Waals surface area contributed by atoms with Crippen molar-refractivity contribution in [2.45, 2.75) is 62.8 Å². The lowest BCUT2D eigenvalue weighted by atomic mass is 9.53. The van der Waals surface area contributed by atoms with Gasteiger partial charge in [0.05, 0.1) is 22.5 Å². The van der Waals surface area contributed by atoms with E-state index in [0.29, 0.717) is 59.3 Å². The number of amides is 1. The highest BCUT2D eigenvalue weighted by Crippen LogP contribution is 2.78. The predicted octanol–water partition coefficient (Wildman–Crippen LogP) is 6.90. The smallest absolute Gasteiger partial charge is 0.434 e. The van der Waals surface area contributed by atoms with E-state index in [0.717, 1.165) is 50.5 Å². The van der Waals surface area contributed by atoms with Crippen LogP contribution in [0.2, 0.25) is 0 Å². The van der Waals surface area contributed by atoms with Gasteiger partial charge in [-0.05, 0) is 97.6 Å². The molecule has 2 N–H and O–H groups in total. The van der Waals surface area contributed by atoms with Gasteiger partial charge in [0, 0.05) is 81.0 Å². The van der Waals surface area contributed by atoms with E-state index in [4.69, 9.17) is 4.74 Å². The third-order valence-corrected chi connectivity index (χ3v) is 13.6. The molecule has 10 rings (SSSR count). The number of aryl methyl sites for hydroxylation is 1. The average Bonchev–Trinajstić information content (AvgIpc) is 3.86. The number of fused-ring (bicyclic) bond motifs is 3. The second-order valence-electron chi connectivity index (χ2n) is 16.4. The summed E-state index contributed by atoms with van der Waals surface area (Å²) >= 11 is 0. The van der Waals surface area contributed by atoms with Crippen molar-refractivity contribution < 1.29 is 32.6 Å². The number of carbonyl (C=O) groups excluding carboxylic acids is 1. The van der Waals surface area contributed by atoms with Gasteiger partial charge >= 0.3 is 12.1 Å². The number of carboxylic acid groups (broad SMARTS) is 1. The molecule has 55 heavy (non-hydrogen) atoms. The van der Waals surface area contributed by atoms with Crippen molar-refractivity contribution >= 4 is 28.7 Å². The van der Waals surface area contributed by atoms with E-state index >= 15 is 0 Å². The van der Waals surface area contributed by atoms with E-state index in [1.165, 1.54) is 6.07 Å². The number of nitrogens with one attached hydrogen (secondary N) is 1. The molecule has 11 nitrogen and oxygen atoms in total. The summed E-state index contributed by atoms with van der Waals surface area (Å²) in [6, 6.07) is 11.8. The van der Waals surface area contributed by atoms with Crippen LogP contribution in [0.25, 0.3) is 27.8 Å². The van der Waals surface area contributed by atoms with Gasteiger partial charge in [0.25, 0.3) is 5.91 Å². The number of carboxylic acids is 1. The third-order valence-electron chi connectivity index (χ3n) is 13.6. The molecule has 5 aromatic rings. The number of benzene rings is 1. The fourth-order valence-corrected chi connectivity index (χ4v) is 11.3. The second-order valence-corrected chi connectivity index (χ2v) is 16.4. The molecule has 5 fully saturated rings. The number of halogens is 3. The minimum atomic E-state index is -4.98. The van der Waals surface area contributed by atoms with Gasteiger partial charge in [-0.25, -0.2) is 19.7 Å². The van der Waals surface area contributed by atoms with E-state index < -0.39 is 34.8 Å². The third kappa shape index (κ3) is 5.19. The Morgan fingerprint density at radius 1 is 0.982 bits per heavy atom. The fraction of sp³-hybridized carbons (Fsp3) is 0.439. The Hall–Kier alpha value is -5.40. The van der Waals surface area contributed by atoms with Gasteiger partial charge < -0.3 is 29.2 Å². The van der Waals surface area contributed by atoms with Crippen LogP contribution in [0.15, 0.2) is 73.4 Å². The molecule has 5 aliphatic rings. The van der Waals surface area contributed by atoms with Crippen molar-refractivity contribution in [2.75, 3.05) is 18.0 Å². The van der Waals surface area contributed by atoms with E-state index in [9.17, 15) is 27.9 Å². The number of aromatic nitrogens is 5. The van der Waals surface area contributed by atoms with E-state index in [1.54, 1.807) is 24.7 Å². The normalized spacial score (nSPS) is 28.3. The standard InChI is InChI=1S/C41H40F3N7O4/c1-49-12-7-26(21-49)51-22-31(29-4-3-28(18-33(29)51)55-27-8-13-50(14-9-27)38-45-10-2-11-46-38)32-6-5-30(35(47-32)41(42,43)44)36(52)48-40(37(53)54)25-16-23-15-24-17-34(40)39(24,19-23)20-25/h2-7,10-12,18,21-25,27,34H,8-9,13-17,19-20H2,1H3,(H,48,52)(H,53,54). The first-order valence-electron chi connectivity index (χ1n) is 19.0. The molecule has 284 valence electrons. The van der Waals surface area contributed by atoms with Crippen molar-refractivity contribution in [1.82, 2.24) is 29.4 Å². The van der Waals surface area contributed by atoms with Crippen LogP contribution in [0.3, 0.4) is 0 Å². The number of carbonyl (C=O) groups is 2. The van der Waals surface area contributed by atoms with Gasteiger partial charge in [-0.3, -0.25) is 4.79 Å². The first-order chi connectivity index (χ1) is 26.4. The van der Waals surface area contributed by atoms with Crippen molar-refractivity contribution in [2.24, 2.45) is 36.1 Å². The largest absolute Gasteiger partial charge is 0.490 e. The van der Waals surface area contributed by atoms with E-state index in [1.807, 2.05) is 52.8 Å². The van der Waals surface area contributed by atoms with Crippen molar-refractivity contribution in [3.63, 3.8) is 0 Å². The highest BCUT2D eigenvalue weighted by Gasteiger charge is 2.78. The predicted molar refractivity (Wildman–Crippen MR) is 196 cm³/mol. The summed E-state index contributed by atoms with van der Waals surface area (Å²) in [5.41, 5.74) is -1.73. The summed E-state index contributed by atoms with van der Waals surface area (Å²) in [6.07, 6.45) is 9.59. The molecule has 5 heterocycles. The first-order valence-corrected chi connectivity index (χ1v) is 19.0. The molecular weight excluding hydrogens is 711 g/mol. The van der Waals surface area contributed by atoms with Crippen LogP contribution in [0.5, 0.6) is 5.75 Å². The molecule has 4 aliphatic carbocycles. The molecule has 6 unspecified atom stereocenters. The molecule has 1 aliphatic heterocycles. The molecule has 4 saturated carbocycles. The lowest BCUT2D eigenvalue weighted by molar-refractivity contribution is -0.153. The van der Waals surface area contributed by atoms with Crippen molar-refractivity contribution in [1.29, 1.82) is 0 Å². The lowest BCUT2D eigenvalue weighted by Gasteiger charge is -2.53. The van der Waals surface area contributed by atoms with Gasteiger partial charge in [-0.15, -0.1) is 0 Å². The molecule has 1 amide bonds. The topological polar surface area (TPSA) is 127 Å². The number of aliphatic carboxylic acids is 1. The molecule has 3 bridgehead atoms. The Morgan fingerprint density at radius 2 is 1.76 bits per heavy atom. The molecule has 0 radical (unpaired) electrons. The summed E-state index contributed by atoms with van der Waals surface area (Å²) in [4.78, 5) is 41.9. The van der Waals surface area contributed by atoms with E-state index in [2.05, 4.69) is 25.2 Å². The minimum Gasteiger partial charge on any atom is -0.490 e. The Morgan fingerprint density at radius 3 is 2.49 bits per heavy atom. The van der Waals surface area contributed by atoms with Gasteiger partial charge in [-0.1, -0.05) is 0 Å². The van der Waals surface area contributed by atoms with Gasteiger partial charge in [0.15, 0.2) is 5.69 Å². The summed E-state index contributed by atoms with van der Waals surface area (Å²) in [5.74, 6) is -0.612. The number of hydrogen-bond acceptors (Lipinski definition) is 7. The quantitative estimate of drug-likeness (QED) is 0.176. The zero-order chi connectivity index (χ0) is 37.9. The molecule has 14 heteroatoms. The highest BCUT2D eigenvalue weighted by atomic mass is 19.4. The highest BCUT2D eigenvalue weighted by molar-refractivity contribution is 6.01. The van der Waals surface area contributed by atoms with Crippen LogP contribution in [0.4, 0.5) is 19.1 Å². The summed E-state index contributed by atoms with van der Waals surface area (Å²) in [7, 11) is 1.89. The van der Waals surface area contributed by atoms with Crippen LogP contribution >= 0.6 is 0 Å². The minimum absolute atomic E-state index is 0.0374. The first kappa shape index (κ1) is 34.1. The maximum atomic E-state index is 14.9. The van der Waals surface area contributed by atoms with Crippen LogP contribution < -0.4 is 15.0 Å². The molecule has 4 aromatic heterocycles. The maximum absolute atomic E-state index is 14.9. The molecule has 1 aromatic carbocycles. The SMILES string of the molecule is Cn1ccc(-n2cc(-c3ccc(C(=O)NC4(C(=O)O)C5CC6CC7CC4C7(C6)C5)c(C(F)(F)F)n3)c3ccc(OC4CCN(c5ncccn5)CC4)cc32)c1. The lowest BCUT2D eigenvalue weighted by Crippen LogP contribution is -2.65. The van der Waals surface area contributed by atoms with Gasteiger partial charge in [-0.2, -0.15) is 13.2 Å². The zero-order valence-corrected chi connectivity index (χ0v) is 30.2. The van der Waals surface area contributed by atoms with Gasteiger partial charge in [0.1, 0.15) is 17.4 Å². The van der Waals surface area contributed by atoms with Crippen LogP contribution in [0, 0.1) is 29.1 Å². The average molecular weight is 752 g/mol. The molecular formula is C41H40F3N7O4. The second kappa shape index (κ2) is 12.0. The fourth-order valence-electron chi connectivity index (χ4n) is 11.3. The van der Waals surface area contributed by atoms with Crippen LogP contribution in [0.1, 0.15) is 61.0 Å². The monoisotopic (exact) mass is 751 g/mol. The number of anilines is 1. The van der Waals surface area contributed by atoms with Gasteiger partial charge in [0.2, 0.25) is 5.95 Å². The summed E-state index contributed by atoms with van der Waals surface area (Å²) in [5, 5.41) is 14.0. The van der Waals surface area contributed by atoms with Crippen molar-refractivity contribution in [3.05, 3.63) is 84.7 Å². The number of pyridine rings is 1. The Balaban J connectivity index is 0.972. The molecule has 6 atom stereocenters. The number of ether oxygens (including phenoxy) is 1. The summed E-state index contributed by atoms with van der Waals surface area (Å²) < 4.78 is 54.9. The number of hydrogen-bond donors (Lipinski definition) is 2. The maximum Gasteiger partial charge on any atom is 0.434 e.